The van der Waals surface area contributed by atoms with Crippen LogP contribution in [0.25, 0.3) is 0 Å². The predicted molar refractivity (Wildman–Crippen MR) is 81.6 cm³/mol. The third kappa shape index (κ3) is 7.66. The highest BCUT2D eigenvalue weighted by Gasteiger charge is 2.09. The molecule has 4 nitrogen and oxygen atoms in total. The van der Waals surface area contributed by atoms with E-state index in [2.05, 4.69) is 12.2 Å². The van der Waals surface area contributed by atoms with E-state index in [4.69, 9.17) is 10.5 Å². The van der Waals surface area contributed by atoms with E-state index in [0.717, 1.165) is 19.3 Å². The number of halogens is 1. The van der Waals surface area contributed by atoms with Crippen molar-refractivity contribution < 1.29 is 13.9 Å². The second-order valence-corrected chi connectivity index (χ2v) is 5.05. The second-order valence-electron chi connectivity index (χ2n) is 5.05. The molecule has 0 aliphatic heterocycles. The highest BCUT2D eigenvalue weighted by atomic mass is 19.1. The van der Waals surface area contributed by atoms with Crippen molar-refractivity contribution >= 4 is 5.91 Å². The van der Waals surface area contributed by atoms with Gasteiger partial charge >= 0.3 is 0 Å². The Bertz CT molecular complexity index is 409. The van der Waals surface area contributed by atoms with Gasteiger partial charge in [0.05, 0.1) is 6.61 Å². The van der Waals surface area contributed by atoms with Crippen LogP contribution in [-0.2, 0) is 4.79 Å². The maximum Gasteiger partial charge on any atom is 0.220 e. The van der Waals surface area contributed by atoms with Gasteiger partial charge in [0, 0.05) is 19.0 Å². The third-order valence-electron chi connectivity index (χ3n) is 3.19. The highest BCUT2D eigenvalue weighted by Crippen LogP contribution is 2.11. The Hall–Kier alpha value is -1.62. The van der Waals surface area contributed by atoms with E-state index in [0.29, 0.717) is 31.7 Å². The molecule has 1 rings (SSSR count). The van der Waals surface area contributed by atoms with Crippen molar-refractivity contribution in [1.82, 2.24) is 5.32 Å². The monoisotopic (exact) mass is 296 g/mol. The summed E-state index contributed by atoms with van der Waals surface area (Å²) in [5, 5.41) is 2.94. The molecule has 3 N–H and O–H groups in total. The Morgan fingerprint density at radius 2 is 2.05 bits per heavy atom. The SMILES string of the molecule is CCCCC(CN)NC(=O)CCCOc1ccc(F)cc1. The maximum absolute atomic E-state index is 12.7. The minimum atomic E-state index is -0.290. The molecule has 0 aromatic heterocycles. The Morgan fingerprint density at radius 1 is 1.33 bits per heavy atom. The van der Waals surface area contributed by atoms with Crippen LogP contribution in [0.5, 0.6) is 5.75 Å². The fraction of sp³-hybridized carbons (Fsp3) is 0.562. The molecule has 0 saturated heterocycles. The van der Waals surface area contributed by atoms with Crippen molar-refractivity contribution in [2.24, 2.45) is 5.73 Å². The van der Waals surface area contributed by atoms with Crippen LogP contribution in [0.4, 0.5) is 4.39 Å². The van der Waals surface area contributed by atoms with E-state index in [1.165, 1.54) is 12.1 Å². The molecular formula is C16H25FN2O2. The molecule has 0 bridgehead atoms. The summed E-state index contributed by atoms with van der Waals surface area (Å²) in [6, 6.07) is 5.91. The first-order valence-electron chi connectivity index (χ1n) is 7.53. The van der Waals surface area contributed by atoms with Gasteiger partial charge in [-0.2, -0.15) is 0 Å². The number of carbonyl (C=O) groups excluding carboxylic acids is 1. The van der Waals surface area contributed by atoms with E-state index < -0.39 is 0 Å². The van der Waals surface area contributed by atoms with Crippen molar-refractivity contribution in [1.29, 1.82) is 0 Å². The largest absolute Gasteiger partial charge is 0.494 e. The number of carbonyl (C=O) groups is 1. The summed E-state index contributed by atoms with van der Waals surface area (Å²) in [5.74, 6) is 0.325. The zero-order valence-corrected chi connectivity index (χ0v) is 12.6. The normalized spacial score (nSPS) is 12.0. The van der Waals surface area contributed by atoms with E-state index in [-0.39, 0.29) is 17.8 Å². The quantitative estimate of drug-likeness (QED) is 0.652. The molecule has 1 amide bonds. The number of hydrogen-bond donors (Lipinski definition) is 2. The molecule has 0 aliphatic rings. The first-order chi connectivity index (χ1) is 10.2. The molecule has 21 heavy (non-hydrogen) atoms. The fourth-order valence-electron chi connectivity index (χ4n) is 1.95. The fourth-order valence-corrected chi connectivity index (χ4v) is 1.95. The average Bonchev–Trinajstić information content (AvgIpc) is 2.49. The number of rotatable bonds is 10. The van der Waals surface area contributed by atoms with Crippen LogP contribution in [0.2, 0.25) is 0 Å². The molecule has 0 spiro atoms. The Morgan fingerprint density at radius 3 is 2.67 bits per heavy atom. The number of unbranched alkanes of at least 4 members (excludes halogenated alkanes) is 1. The van der Waals surface area contributed by atoms with E-state index >= 15 is 0 Å². The highest BCUT2D eigenvalue weighted by molar-refractivity contribution is 5.76. The van der Waals surface area contributed by atoms with Crippen molar-refractivity contribution in [3.63, 3.8) is 0 Å². The summed E-state index contributed by atoms with van der Waals surface area (Å²) in [6.07, 6.45) is 4.11. The summed E-state index contributed by atoms with van der Waals surface area (Å²) in [4.78, 5) is 11.8. The van der Waals surface area contributed by atoms with Gasteiger partial charge in [0.1, 0.15) is 11.6 Å². The number of hydrogen-bond acceptors (Lipinski definition) is 3. The lowest BCUT2D eigenvalue weighted by atomic mass is 10.1. The zero-order valence-electron chi connectivity index (χ0n) is 12.6. The van der Waals surface area contributed by atoms with Gasteiger partial charge in [-0.15, -0.1) is 0 Å². The van der Waals surface area contributed by atoms with E-state index in [1.807, 2.05) is 0 Å². The van der Waals surface area contributed by atoms with Gasteiger partial charge in [0.2, 0.25) is 5.91 Å². The molecule has 0 heterocycles. The summed E-state index contributed by atoms with van der Waals surface area (Å²) >= 11 is 0. The molecule has 0 fully saturated rings. The topological polar surface area (TPSA) is 64.3 Å². The lowest BCUT2D eigenvalue weighted by Crippen LogP contribution is -2.40. The average molecular weight is 296 g/mol. The maximum atomic E-state index is 12.7. The van der Waals surface area contributed by atoms with Crippen LogP contribution in [0.3, 0.4) is 0 Å². The van der Waals surface area contributed by atoms with Crippen molar-refractivity contribution in [3.05, 3.63) is 30.1 Å². The van der Waals surface area contributed by atoms with Crippen molar-refractivity contribution in [3.8, 4) is 5.75 Å². The first kappa shape index (κ1) is 17.4. The van der Waals surface area contributed by atoms with E-state index in [9.17, 15) is 9.18 Å². The molecule has 1 aromatic rings. The Kier molecular flexibility index (Phi) is 8.43. The molecule has 1 aromatic carbocycles. The van der Waals surface area contributed by atoms with Crippen LogP contribution in [-0.4, -0.2) is 25.1 Å². The lowest BCUT2D eigenvalue weighted by Gasteiger charge is -2.16. The Balaban J connectivity index is 2.16. The lowest BCUT2D eigenvalue weighted by molar-refractivity contribution is -0.122. The standard InChI is InChI=1S/C16H25FN2O2/c1-2-3-5-14(12-18)19-16(20)6-4-11-21-15-9-7-13(17)8-10-15/h7-10,14H,2-6,11-12,18H2,1H3,(H,19,20). The van der Waals surface area contributed by atoms with Crippen LogP contribution >= 0.6 is 0 Å². The molecular weight excluding hydrogens is 271 g/mol. The second kappa shape index (κ2) is 10.2. The number of ether oxygens (including phenoxy) is 1. The van der Waals surface area contributed by atoms with Crippen molar-refractivity contribution in [2.75, 3.05) is 13.2 Å². The summed E-state index contributed by atoms with van der Waals surface area (Å²) in [6.45, 7) is 3.02. The molecule has 118 valence electrons. The molecule has 0 aliphatic carbocycles. The third-order valence-corrected chi connectivity index (χ3v) is 3.19. The van der Waals surface area contributed by atoms with Crippen LogP contribution in [0.1, 0.15) is 39.0 Å². The van der Waals surface area contributed by atoms with Gasteiger partial charge in [-0.25, -0.2) is 4.39 Å². The molecule has 1 atom stereocenters. The van der Waals surface area contributed by atoms with Gasteiger partial charge in [0.15, 0.2) is 0 Å². The van der Waals surface area contributed by atoms with Gasteiger partial charge in [-0.3, -0.25) is 4.79 Å². The van der Waals surface area contributed by atoms with Gasteiger partial charge in [-0.1, -0.05) is 19.8 Å². The number of nitrogens with two attached hydrogens (primary N) is 1. The van der Waals surface area contributed by atoms with Crippen LogP contribution in [0.15, 0.2) is 24.3 Å². The van der Waals surface area contributed by atoms with Crippen LogP contribution < -0.4 is 15.8 Å². The summed E-state index contributed by atoms with van der Waals surface area (Å²) in [5.41, 5.74) is 5.63. The van der Waals surface area contributed by atoms with E-state index in [1.54, 1.807) is 12.1 Å². The number of amides is 1. The first-order valence-corrected chi connectivity index (χ1v) is 7.53. The minimum absolute atomic E-state index is 0.00394. The Labute approximate surface area is 125 Å². The predicted octanol–water partition coefficient (Wildman–Crippen LogP) is 2.62. The molecule has 0 saturated carbocycles. The van der Waals surface area contributed by atoms with Crippen molar-refractivity contribution in [2.45, 2.75) is 45.1 Å². The summed E-state index contributed by atoms with van der Waals surface area (Å²) < 4.78 is 18.1. The molecule has 1 unspecified atom stereocenters. The van der Waals surface area contributed by atoms with Gasteiger partial charge < -0.3 is 15.8 Å². The van der Waals surface area contributed by atoms with Gasteiger partial charge in [-0.05, 0) is 37.1 Å². The summed E-state index contributed by atoms with van der Waals surface area (Å²) in [7, 11) is 0. The van der Waals surface area contributed by atoms with Gasteiger partial charge in [0.25, 0.3) is 0 Å². The number of nitrogens with one attached hydrogen (secondary N) is 1. The molecule has 0 radical (unpaired) electrons. The minimum Gasteiger partial charge on any atom is -0.494 e. The smallest absolute Gasteiger partial charge is 0.220 e. The number of benzene rings is 1. The zero-order chi connectivity index (χ0) is 15.5. The molecule has 5 heteroatoms. The van der Waals surface area contributed by atoms with Crippen LogP contribution in [0, 0.1) is 5.82 Å².